The summed E-state index contributed by atoms with van der Waals surface area (Å²) < 4.78 is 0. The second-order valence-corrected chi connectivity index (χ2v) is 6.69. The van der Waals surface area contributed by atoms with Crippen molar-refractivity contribution in [3.05, 3.63) is 34.9 Å². The van der Waals surface area contributed by atoms with Crippen LogP contribution < -0.4 is 10.6 Å². The van der Waals surface area contributed by atoms with E-state index < -0.39 is 11.4 Å². The third-order valence-electron chi connectivity index (χ3n) is 4.82. The Hall–Kier alpha value is -2.57. The number of benzene rings is 1. The molecule has 3 rings (SSSR count). The van der Waals surface area contributed by atoms with Gasteiger partial charge >= 0.3 is 12.0 Å². The van der Waals surface area contributed by atoms with E-state index in [1.807, 2.05) is 12.1 Å². The Labute approximate surface area is 140 Å². The summed E-state index contributed by atoms with van der Waals surface area (Å²) in [5.74, 6) is -0.959. The highest BCUT2D eigenvalue weighted by molar-refractivity contribution is 5.96. The van der Waals surface area contributed by atoms with E-state index in [4.69, 9.17) is 0 Å². The zero-order valence-electron chi connectivity index (χ0n) is 13.6. The number of nitrogens with zero attached hydrogens (tertiary/aromatic N) is 1. The molecule has 0 bridgehead atoms. The molecule has 2 aliphatic heterocycles. The van der Waals surface area contributed by atoms with Crippen molar-refractivity contribution in [2.75, 3.05) is 19.6 Å². The van der Waals surface area contributed by atoms with Crippen molar-refractivity contribution in [1.29, 1.82) is 0 Å². The molecular formula is C17H21N3O4. The topological polar surface area (TPSA) is 98.7 Å². The fourth-order valence-electron chi connectivity index (χ4n) is 3.17. The minimum atomic E-state index is -0.876. The minimum absolute atomic E-state index is 0.0822. The van der Waals surface area contributed by atoms with E-state index in [0.717, 1.165) is 17.5 Å². The SMILES string of the molecule is CC1(C(=O)O)CCN(C(=O)NCc2ccc3c(c2)C(=O)NCC3)C1. The lowest BCUT2D eigenvalue weighted by molar-refractivity contribution is -0.147. The summed E-state index contributed by atoms with van der Waals surface area (Å²) in [6.07, 6.45) is 1.27. The highest BCUT2D eigenvalue weighted by atomic mass is 16.4. The Balaban J connectivity index is 1.60. The summed E-state index contributed by atoms with van der Waals surface area (Å²) in [6, 6.07) is 5.35. The van der Waals surface area contributed by atoms with Gasteiger partial charge in [0.15, 0.2) is 0 Å². The molecule has 7 heteroatoms. The Morgan fingerprint density at radius 2 is 2.21 bits per heavy atom. The first-order valence-electron chi connectivity index (χ1n) is 8.05. The number of carbonyl (C=O) groups excluding carboxylic acids is 2. The lowest BCUT2D eigenvalue weighted by atomic mass is 9.90. The van der Waals surface area contributed by atoms with Crippen molar-refractivity contribution in [3.8, 4) is 0 Å². The normalized spacial score (nSPS) is 22.7. The maximum absolute atomic E-state index is 12.2. The monoisotopic (exact) mass is 331 g/mol. The number of carboxylic acids is 1. The molecular weight excluding hydrogens is 310 g/mol. The van der Waals surface area contributed by atoms with Crippen LogP contribution in [0.2, 0.25) is 0 Å². The number of likely N-dealkylation sites (tertiary alicyclic amines) is 1. The van der Waals surface area contributed by atoms with Gasteiger partial charge in [0.2, 0.25) is 0 Å². The molecule has 1 atom stereocenters. The Morgan fingerprint density at radius 3 is 2.92 bits per heavy atom. The number of carbonyl (C=O) groups is 3. The molecule has 2 aliphatic rings. The van der Waals surface area contributed by atoms with Crippen LogP contribution in [0.25, 0.3) is 0 Å². The van der Waals surface area contributed by atoms with Crippen LogP contribution in [0.3, 0.4) is 0 Å². The van der Waals surface area contributed by atoms with Gasteiger partial charge in [0.25, 0.3) is 5.91 Å². The number of rotatable bonds is 3. The molecule has 0 radical (unpaired) electrons. The quantitative estimate of drug-likeness (QED) is 0.769. The summed E-state index contributed by atoms with van der Waals surface area (Å²) in [5.41, 5.74) is 1.65. The number of nitrogens with one attached hydrogen (secondary N) is 2. The molecule has 1 unspecified atom stereocenters. The fraction of sp³-hybridized carbons (Fsp3) is 0.471. The Kier molecular flexibility index (Phi) is 4.17. The van der Waals surface area contributed by atoms with Gasteiger partial charge in [-0.25, -0.2) is 4.79 Å². The van der Waals surface area contributed by atoms with E-state index in [1.165, 1.54) is 4.90 Å². The molecule has 2 heterocycles. The van der Waals surface area contributed by atoms with E-state index in [-0.39, 0.29) is 18.5 Å². The van der Waals surface area contributed by atoms with Crippen LogP contribution >= 0.6 is 0 Å². The van der Waals surface area contributed by atoms with Crippen LogP contribution in [0, 0.1) is 5.41 Å². The molecule has 24 heavy (non-hydrogen) atoms. The molecule has 1 fully saturated rings. The van der Waals surface area contributed by atoms with E-state index in [2.05, 4.69) is 10.6 Å². The van der Waals surface area contributed by atoms with E-state index in [1.54, 1.807) is 13.0 Å². The second kappa shape index (κ2) is 6.14. The number of aliphatic carboxylic acids is 1. The van der Waals surface area contributed by atoms with Gasteiger partial charge in [-0.2, -0.15) is 0 Å². The number of urea groups is 1. The average Bonchev–Trinajstić information content (AvgIpc) is 2.97. The number of carboxylic acid groups (broad SMARTS) is 1. The molecule has 1 saturated heterocycles. The van der Waals surface area contributed by atoms with Crippen molar-refractivity contribution in [3.63, 3.8) is 0 Å². The Bertz CT molecular complexity index is 703. The number of fused-ring (bicyclic) bond motifs is 1. The number of hydrogen-bond acceptors (Lipinski definition) is 3. The van der Waals surface area contributed by atoms with Gasteiger partial charge < -0.3 is 20.6 Å². The van der Waals surface area contributed by atoms with Crippen LogP contribution in [0.4, 0.5) is 4.79 Å². The number of hydrogen-bond donors (Lipinski definition) is 3. The molecule has 1 aromatic carbocycles. The molecule has 7 nitrogen and oxygen atoms in total. The van der Waals surface area contributed by atoms with Crippen molar-refractivity contribution < 1.29 is 19.5 Å². The summed E-state index contributed by atoms with van der Waals surface area (Å²) in [4.78, 5) is 36.9. The highest BCUT2D eigenvalue weighted by Crippen LogP contribution is 2.30. The summed E-state index contributed by atoms with van der Waals surface area (Å²) in [6.45, 7) is 3.26. The van der Waals surface area contributed by atoms with Crippen LogP contribution in [-0.4, -0.2) is 47.5 Å². The fourth-order valence-corrected chi connectivity index (χ4v) is 3.17. The molecule has 128 valence electrons. The lowest BCUT2D eigenvalue weighted by Gasteiger charge is -2.21. The smallest absolute Gasteiger partial charge is 0.317 e. The van der Waals surface area contributed by atoms with Crippen LogP contribution in [0.1, 0.15) is 34.8 Å². The van der Waals surface area contributed by atoms with Crippen LogP contribution in [0.5, 0.6) is 0 Å². The summed E-state index contributed by atoms with van der Waals surface area (Å²) in [7, 11) is 0. The first-order valence-corrected chi connectivity index (χ1v) is 8.05. The van der Waals surface area contributed by atoms with Gasteiger partial charge in [0.1, 0.15) is 0 Å². The zero-order valence-corrected chi connectivity index (χ0v) is 13.6. The van der Waals surface area contributed by atoms with Gasteiger partial charge in [-0.05, 0) is 37.0 Å². The maximum atomic E-state index is 12.2. The molecule has 3 N–H and O–H groups in total. The van der Waals surface area contributed by atoms with Crippen molar-refractivity contribution in [1.82, 2.24) is 15.5 Å². The molecule has 3 amide bonds. The van der Waals surface area contributed by atoms with E-state index in [0.29, 0.717) is 31.6 Å². The van der Waals surface area contributed by atoms with Crippen molar-refractivity contribution in [2.45, 2.75) is 26.3 Å². The minimum Gasteiger partial charge on any atom is -0.481 e. The van der Waals surface area contributed by atoms with Gasteiger partial charge in [-0.15, -0.1) is 0 Å². The first kappa shape index (κ1) is 16.3. The van der Waals surface area contributed by atoms with E-state index in [9.17, 15) is 19.5 Å². The van der Waals surface area contributed by atoms with Gasteiger partial charge in [-0.1, -0.05) is 12.1 Å². The summed E-state index contributed by atoms with van der Waals surface area (Å²) >= 11 is 0. The Morgan fingerprint density at radius 1 is 1.42 bits per heavy atom. The lowest BCUT2D eigenvalue weighted by Crippen LogP contribution is -2.40. The number of amides is 3. The zero-order chi connectivity index (χ0) is 17.3. The first-order chi connectivity index (χ1) is 11.4. The highest BCUT2D eigenvalue weighted by Gasteiger charge is 2.42. The van der Waals surface area contributed by atoms with Gasteiger partial charge in [0, 0.05) is 31.7 Å². The predicted octanol–water partition coefficient (Wildman–Crippen LogP) is 0.979. The van der Waals surface area contributed by atoms with Crippen LogP contribution in [0.15, 0.2) is 18.2 Å². The summed E-state index contributed by atoms with van der Waals surface area (Å²) in [5, 5.41) is 14.8. The molecule has 0 aliphatic carbocycles. The average molecular weight is 331 g/mol. The molecule has 0 aromatic heterocycles. The maximum Gasteiger partial charge on any atom is 0.317 e. The predicted molar refractivity (Wildman–Crippen MR) is 86.6 cm³/mol. The molecule has 0 saturated carbocycles. The van der Waals surface area contributed by atoms with Crippen LogP contribution in [-0.2, 0) is 17.8 Å². The van der Waals surface area contributed by atoms with Crippen molar-refractivity contribution in [2.24, 2.45) is 5.41 Å². The standard InChI is InChI=1S/C17H21N3O4/c1-17(15(22)23)5-7-20(10-17)16(24)19-9-11-2-3-12-4-6-18-14(21)13(12)8-11/h2-3,8H,4-7,9-10H2,1H3,(H,18,21)(H,19,24)(H,22,23). The second-order valence-electron chi connectivity index (χ2n) is 6.69. The molecule has 1 aromatic rings. The third kappa shape index (κ3) is 3.06. The van der Waals surface area contributed by atoms with Crippen molar-refractivity contribution >= 4 is 17.9 Å². The third-order valence-corrected chi connectivity index (χ3v) is 4.82. The largest absolute Gasteiger partial charge is 0.481 e. The van der Waals surface area contributed by atoms with Gasteiger partial charge in [0.05, 0.1) is 5.41 Å². The van der Waals surface area contributed by atoms with Gasteiger partial charge in [-0.3, -0.25) is 9.59 Å². The molecule has 0 spiro atoms. The van der Waals surface area contributed by atoms with E-state index >= 15 is 0 Å².